The van der Waals surface area contributed by atoms with Crippen LogP contribution in [-0.2, 0) is 13.1 Å². The van der Waals surface area contributed by atoms with Crippen LogP contribution in [-0.4, -0.2) is 55.7 Å². The first kappa shape index (κ1) is 30.3. The molecule has 4 aromatic rings. The summed E-state index contributed by atoms with van der Waals surface area (Å²) in [5.74, 6) is -1.77. The maximum atomic E-state index is 12.7. The standard InChI is InChI=1S/C31H34N2O9/c1-3-5-11-32-15-24(30(37)38)28(35)22-9-7-20(13-26(22)32)41-17-19(34)18-42-21-8-10-23-27(14-21)33(12-6-4-2)16-25(29(23)36)31(39)40/h7-10,13-16,19,34H,3-6,11-12,17-18H2,1-2H3,(H,37,38)(H,39,40). The monoisotopic (exact) mass is 578 g/mol. The number of aliphatic hydroxyl groups is 1. The number of pyridine rings is 2. The number of aromatic nitrogens is 2. The number of aromatic carboxylic acids is 2. The summed E-state index contributed by atoms with van der Waals surface area (Å²) < 4.78 is 15.0. The smallest absolute Gasteiger partial charge is 0.341 e. The van der Waals surface area contributed by atoms with Crippen LogP contribution in [0.2, 0.25) is 0 Å². The van der Waals surface area contributed by atoms with Crippen LogP contribution in [0, 0.1) is 0 Å². The van der Waals surface area contributed by atoms with E-state index >= 15 is 0 Å². The fourth-order valence-electron chi connectivity index (χ4n) is 4.68. The van der Waals surface area contributed by atoms with Crippen molar-refractivity contribution in [1.29, 1.82) is 0 Å². The summed E-state index contributed by atoms with van der Waals surface area (Å²) in [5, 5.41) is 29.9. The van der Waals surface area contributed by atoms with Gasteiger partial charge < -0.3 is 33.9 Å². The second-order valence-electron chi connectivity index (χ2n) is 10.1. The van der Waals surface area contributed by atoms with Crippen LogP contribution in [0.3, 0.4) is 0 Å². The lowest BCUT2D eigenvalue weighted by molar-refractivity contribution is 0.0627. The zero-order chi connectivity index (χ0) is 30.4. The predicted molar refractivity (Wildman–Crippen MR) is 157 cm³/mol. The molecule has 0 aliphatic carbocycles. The summed E-state index contributed by atoms with van der Waals surface area (Å²) in [4.78, 5) is 48.5. The number of fused-ring (bicyclic) bond motifs is 2. The van der Waals surface area contributed by atoms with Gasteiger partial charge in [0.05, 0.1) is 11.0 Å². The molecule has 0 aliphatic heterocycles. The molecule has 0 atom stereocenters. The van der Waals surface area contributed by atoms with E-state index in [1.807, 2.05) is 13.8 Å². The van der Waals surface area contributed by atoms with Gasteiger partial charge in [-0.1, -0.05) is 26.7 Å². The van der Waals surface area contributed by atoms with Crippen molar-refractivity contribution in [1.82, 2.24) is 9.13 Å². The molecule has 42 heavy (non-hydrogen) atoms. The molecule has 0 radical (unpaired) electrons. The number of hydrogen-bond acceptors (Lipinski definition) is 7. The van der Waals surface area contributed by atoms with Crippen molar-refractivity contribution in [2.45, 2.75) is 58.7 Å². The third kappa shape index (κ3) is 6.63. The van der Waals surface area contributed by atoms with Crippen molar-refractivity contribution < 1.29 is 34.4 Å². The molecule has 0 unspecified atom stereocenters. The van der Waals surface area contributed by atoms with Crippen molar-refractivity contribution in [3.63, 3.8) is 0 Å². The van der Waals surface area contributed by atoms with Gasteiger partial charge in [-0.05, 0) is 37.1 Å². The summed E-state index contributed by atoms with van der Waals surface area (Å²) in [7, 11) is 0. The number of ether oxygens (including phenoxy) is 2. The largest absolute Gasteiger partial charge is 0.491 e. The first-order valence-electron chi connectivity index (χ1n) is 13.9. The van der Waals surface area contributed by atoms with E-state index in [0.29, 0.717) is 35.6 Å². The maximum absolute atomic E-state index is 12.7. The Morgan fingerprint density at radius 1 is 0.738 bits per heavy atom. The van der Waals surface area contributed by atoms with Gasteiger partial charge in [-0.25, -0.2) is 9.59 Å². The molecule has 0 fully saturated rings. The lowest BCUT2D eigenvalue weighted by Crippen LogP contribution is -2.25. The molecule has 222 valence electrons. The average Bonchev–Trinajstić information content (AvgIpc) is 2.97. The molecule has 0 bridgehead atoms. The number of aliphatic hydroxyl groups excluding tert-OH is 1. The fourth-order valence-corrected chi connectivity index (χ4v) is 4.68. The minimum Gasteiger partial charge on any atom is -0.491 e. The highest BCUT2D eigenvalue weighted by molar-refractivity contribution is 5.93. The molecule has 2 aromatic carbocycles. The van der Waals surface area contributed by atoms with Crippen molar-refractivity contribution in [2.75, 3.05) is 13.2 Å². The van der Waals surface area contributed by atoms with Gasteiger partial charge in [0.25, 0.3) is 0 Å². The fraction of sp³-hybridized carbons (Fsp3) is 0.355. The molecular formula is C31H34N2O9. The molecule has 0 amide bonds. The molecule has 0 saturated carbocycles. The van der Waals surface area contributed by atoms with Crippen LogP contribution in [0.25, 0.3) is 21.8 Å². The van der Waals surface area contributed by atoms with Gasteiger partial charge in [-0.2, -0.15) is 0 Å². The highest BCUT2D eigenvalue weighted by Gasteiger charge is 2.17. The highest BCUT2D eigenvalue weighted by atomic mass is 16.5. The van der Waals surface area contributed by atoms with Gasteiger partial charge in [-0.3, -0.25) is 9.59 Å². The Bertz CT molecular complexity index is 1610. The van der Waals surface area contributed by atoms with E-state index < -0.39 is 28.9 Å². The molecule has 2 aromatic heterocycles. The summed E-state index contributed by atoms with van der Waals surface area (Å²) in [6.07, 6.45) is 5.03. The number of carbonyl (C=O) groups is 2. The molecule has 2 heterocycles. The Balaban J connectivity index is 1.48. The summed E-state index contributed by atoms with van der Waals surface area (Å²) >= 11 is 0. The molecule has 3 N–H and O–H groups in total. The van der Waals surface area contributed by atoms with Gasteiger partial charge in [-0.15, -0.1) is 0 Å². The highest BCUT2D eigenvalue weighted by Crippen LogP contribution is 2.22. The molecule has 0 aliphatic rings. The van der Waals surface area contributed by atoms with Crippen LogP contribution < -0.4 is 20.3 Å². The van der Waals surface area contributed by atoms with Crippen LogP contribution in [0.5, 0.6) is 11.5 Å². The van der Waals surface area contributed by atoms with Crippen LogP contribution >= 0.6 is 0 Å². The van der Waals surface area contributed by atoms with Crippen molar-refractivity contribution in [3.8, 4) is 11.5 Å². The van der Waals surface area contributed by atoms with E-state index in [9.17, 15) is 34.5 Å². The predicted octanol–water partition coefficient (Wildman–Crippen LogP) is 4.13. The number of rotatable bonds is 14. The quantitative estimate of drug-likeness (QED) is 0.200. The topological polar surface area (TPSA) is 157 Å². The van der Waals surface area contributed by atoms with E-state index in [2.05, 4.69) is 0 Å². The van der Waals surface area contributed by atoms with E-state index in [-0.39, 0.29) is 35.1 Å². The summed E-state index contributed by atoms with van der Waals surface area (Å²) in [6, 6.07) is 9.45. The van der Waals surface area contributed by atoms with Gasteiger partial charge in [0, 0.05) is 48.4 Å². The second kappa shape index (κ2) is 13.3. The zero-order valence-electron chi connectivity index (χ0n) is 23.5. The Hall–Kier alpha value is -4.64. The average molecular weight is 579 g/mol. The summed E-state index contributed by atoms with van der Waals surface area (Å²) in [6.45, 7) is 4.86. The van der Waals surface area contributed by atoms with Crippen molar-refractivity contribution >= 4 is 33.7 Å². The van der Waals surface area contributed by atoms with Crippen molar-refractivity contribution in [2.24, 2.45) is 0 Å². The number of aryl methyl sites for hydroxylation is 2. The maximum Gasteiger partial charge on any atom is 0.341 e. The molecule has 0 saturated heterocycles. The molecule has 0 spiro atoms. The number of unbranched alkanes of at least 4 members (excludes halogenated alkanes) is 2. The SMILES string of the molecule is CCCCn1cc(C(=O)O)c(=O)c2ccc(OCC(O)COc3ccc4c(=O)c(C(=O)O)cn(CCCC)c4c3)cc21. The van der Waals surface area contributed by atoms with Crippen LogP contribution in [0.1, 0.15) is 60.2 Å². The normalized spacial score (nSPS) is 11.3. The Kier molecular flexibility index (Phi) is 9.64. The van der Waals surface area contributed by atoms with Crippen LogP contribution in [0.4, 0.5) is 0 Å². The molecule has 11 nitrogen and oxygen atoms in total. The van der Waals surface area contributed by atoms with E-state index in [4.69, 9.17) is 9.47 Å². The van der Waals surface area contributed by atoms with Gasteiger partial charge in [0.2, 0.25) is 10.9 Å². The second-order valence-corrected chi connectivity index (χ2v) is 10.1. The molecule has 4 rings (SSSR count). The van der Waals surface area contributed by atoms with Gasteiger partial charge >= 0.3 is 11.9 Å². The molecule has 11 heteroatoms. The Morgan fingerprint density at radius 3 is 1.50 bits per heavy atom. The number of carboxylic acid groups (broad SMARTS) is 2. The lowest BCUT2D eigenvalue weighted by atomic mass is 10.1. The number of hydrogen-bond donors (Lipinski definition) is 3. The third-order valence-corrected chi connectivity index (χ3v) is 6.96. The first-order valence-corrected chi connectivity index (χ1v) is 13.9. The van der Waals surface area contributed by atoms with E-state index in [1.54, 1.807) is 33.4 Å². The first-order chi connectivity index (χ1) is 20.1. The molecular weight excluding hydrogens is 544 g/mol. The van der Waals surface area contributed by atoms with Gasteiger partial charge in [0.1, 0.15) is 41.9 Å². The summed E-state index contributed by atoms with van der Waals surface area (Å²) in [5.41, 5.74) is -0.646. The Morgan fingerprint density at radius 2 is 1.14 bits per heavy atom. The number of carboxylic acids is 2. The zero-order valence-corrected chi connectivity index (χ0v) is 23.5. The third-order valence-electron chi connectivity index (χ3n) is 6.96. The minimum atomic E-state index is -1.28. The van der Waals surface area contributed by atoms with Crippen LogP contribution in [0.15, 0.2) is 58.4 Å². The number of benzene rings is 2. The lowest BCUT2D eigenvalue weighted by Gasteiger charge is -2.17. The van der Waals surface area contributed by atoms with E-state index in [1.165, 1.54) is 24.5 Å². The minimum absolute atomic E-state index is 0.116. The van der Waals surface area contributed by atoms with Gasteiger partial charge in [0.15, 0.2) is 0 Å². The van der Waals surface area contributed by atoms with Crippen molar-refractivity contribution in [3.05, 3.63) is 80.4 Å². The number of nitrogens with zero attached hydrogens (tertiary/aromatic N) is 2. The Labute approximate surface area is 241 Å². The van der Waals surface area contributed by atoms with E-state index in [0.717, 1.165) is 25.7 Å².